The molecule has 0 aliphatic heterocycles. The summed E-state index contributed by atoms with van der Waals surface area (Å²) < 4.78 is 3.11. The van der Waals surface area contributed by atoms with Gasteiger partial charge in [0.2, 0.25) is 0 Å². The molecule has 0 amide bonds. The zero-order chi connectivity index (χ0) is 13.0. The zero-order valence-corrected chi connectivity index (χ0v) is 12.7. The molecule has 0 aromatic carbocycles. The van der Waals surface area contributed by atoms with Crippen LogP contribution in [-0.2, 0) is 6.54 Å². The van der Waals surface area contributed by atoms with Gasteiger partial charge in [0, 0.05) is 19.3 Å². The molecule has 0 saturated carbocycles. The van der Waals surface area contributed by atoms with Gasteiger partial charge in [-0.3, -0.25) is 0 Å². The minimum Gasteiger partial charge on any atom is -0.369 e. The molecule has 2 heterocycles. The molecule has 0 aliphatic rings. The quantitative estimate of drug-likeness (QED) is 0.837. The number of aryl methyl sites for hydroxylation is 1. The van der Waals surface area contributed by atoms with Crippen LogP contribution in [0, 0.1) is 3.57 Å². The molecule has 18 heavy (non-hydrogen) atoms. The fraction of sp³-hybridized carbons (Fsp3) is 0.417. The van der Waals surface area contributed by atoms with Crippen LogP contribution >= 0.6 is 22.6 Å². The first-order chi connectivity index (χ1) is 8.76. The van der Waals surface area contributed by atoms with Crippen LogP contribution in [0.25, 0.3) is 11.5 Å². The highest BCUT2D eigenvalue weighted by Gasteiger charge is 2.10. The van der Waals surface area contributed by atoms with Gasteiger partial charge in [-0.2, -0.15) is 0 Å². The summed E-state index contributed by atoms with van der Waals surface area (Å²) in [6.45, 7) is 5.98. The largest absolute Gasteiger partial charge is 0.369 e. The van der Waals surface area contributed by atoms with Crippen molar-refractivity contribution >= 4 is 28.4 Å². The molecule has 6 heteroatoms. The lowest BCUT2D eigenvalue weighted by molar-refractivity contribution is 0.681. The molecule has 0 aliphatic carbocycles. The highest BCUT2D eigenvalue weighted by atomic mass is 127. The van der Waals surface area contributed by atoms with Crippen LogP contribution in [0.4, 0.5) is 5.82 Å². The Hall–Kier alpha value is -1.18. The van der Waals surface area contributed by atoms with E-state index in [9.17, 15) is 0 Å². The van der Waals surface area contributed by atoms with Crippen LogP contribution in [0.1, 0.15) is 20.3 Å². The van der Waals surface area contributed by atoms with Crippen LogP contribution in [0.2, 0.25) is 0 Å². The summed E-state index contributed by atoms with van der Waals surface area (Å²) in [5.41, 5.74) is 0.965. The molecule has 2 aromatic rings. The van der Waals surface area contributed by atoms with E-state index in [-0.39, 0.29) is 0 Å². The van der Waals surface area contributed by atoms with Gasteiger partial charge in [0.05, 0.1) is 16.1 Å². The average Bonchev–Trinajstić information content (AvgIpc) is 2.81. The standard InChI is InChI=1S/C12H16IN5/c1-3-5-18-8-14-7-10(18)12-16-6-9(13)11(17-12)15-4-2/h6-8H,3-5H2,1-2H3,(H,15,16,17). The third-order valence-corrected chi connectivity index (χ3v) is 3.28. The second kappa shape index (κ2) is 6.12. The number of rotatable bonds is 5. The van der Waals surface area contributed by atoms with Gasteiger partial charge in [-0.05, 0) is 35.9 Å². The summed E-state index contributed by atoms with van der Waals surface area (Å²) in [6, 6.07) is 0. The number of hydrogen-bond donors (Lipinski definition) is 1. The van der Waals surface area contributed by atoms with Crippen molar-refractivity contribution in [3.63, 3.8) is 0 Å². The number of aromatic nitrogens is 4. The lowest BCUT2D eigenvalue weighted by atomic mass is 10.4. The minimum absolute atomic E-state index is 0.720. The molecular weight excluding hydrogens is 341 g/mol. The summed E-state index contributed by atoms with van der Waals surface area (Å²) >= 11 is 2.23. The first kappa shape index (κ1) is 13.3. The van der Waals surface area contributed by atoms with E-state index in [1.165, 1.54) is 0 Å². The third-order valence-electron chi connectivity index (χ3n) is 2.49. The maximum atomic E-state index is 4.56. The topological polar surface area (TPSA) is 55.6 Å². The average molecular weight is 357 g/mol. The predicted octanol–water partition coefficient (Wildman–Crippen LogP) is 2.79. The minimum atomic E-state index is 0.720. The van der Waals surface area contributed by atoms with Crippen molar-refractivity contribution in [3.8, 4) is 11.5 Å². The number of nitrogens with one attached hydrogen (secondary N) is 1. The molecule has 1 N–H and O–H groups in total. The summed E-state index contributed by atoms with van der Waals surface area (Å²) in [7, 11) is 0. The fourth-order valence-electron chi connectivity index (χ4n) is 1.71. The van der Waals surface area contributed by atoms with Crippen LogP contribution in [0.5, 0.6) is 0 Å². The normalized spacial score (nSPS) is 10.6. The van der Waals surface area contributed by atoms with Crippen molar-refractivity contribution in [1.82, 2.24) is 19.5 Å². The fourth-order valence-corrected chi connectivity index (χ4v) is 2.16. The van der Waals surface area contributed by atoms with Crippen molar-refractivity contribution in [2.24, 2.45) is 0 Å². The third kappa shape index (κ3) is 2.80. The second-order valence-electron chi connectivity index (χ2n) is 3.89. The molecular formula is C12H16IN5. The maximum absolute atomic E-state index is 4.56. The molecule has 0 unspecified atom stereocenters. The molecule has 2 rings (SSSR count). The van der Waals surface area contributed by atoms with Crippen molar-refractivity contribution in [3.05, 3.63) is 22.3 Å². The smallest absolute Gasteiger partial charge is 0.179 e. The Bertz CT molecular complexity index is 523. The van der Waals surface area contributed by atoms with Crippen molar-refractivity contribution < 1.29 is 0 Å². The Balaban J connectivity index is 2.38. The number of imidazole rings is 1. The van der Waals surface area contributed by atoms with Gasteiger partial charge in [0.15, 0.2) is 5.82 Å². The lowest BCUT2D eigenvalue weighted by Gasteiger charge is -2.08. The van der Waals surface area contributed by atoms with Crippen LogP contribution in [0.15, 0.2) is 18.7 Å². The van der Waals surface area contributed by atoms with E-state index in [0.29, 0.717) is 0 Å². The highest BCUT2D eigenvalue weighted by molar-refractivity contribution is 14.1. The summed E-state index contributed by atoms with van der Waals surface area (Å²) in [4.78, 5) is 13.1. The summed E-state index contributed by atoms with van der Waals surface area (Å²) in [5.74, 6) is 1.60. The highest BCUT2D eigenvalue weighted by Crippen LogP contribution is 2.20. The first-order valence-electron chi connectivity index (χ1n) is 6.03. The van der Waals surface area contributed by atoms with E-state index in [0.717, 1.165) is 40.4 Å². The SMILES string of the molecule is CCCn1cncc1-c1ncc(I)c(NCC)n1. The maximum Gasteiger partial charge on any atom is 0.179 e. The number of nitrogens with zero attached hydrogens (tertiary/aromatic N) is 4. The Morgan fingerprint density at radius 3 is 2.89 bits per heavy atom. The molecule has 5 nitrogen and oxygen atoms in total. The zero-order valence-electron chi connectivity index (χ0n) is 10.5. The van der Waals surface area contributed by atoms with Crippen molar-refractivity contribution in [2.75, 3.05) is 11.9 Å². The van der Waals surface area contributed by atoms with Crippen LogP contribution < -0.4 is 5.32 Å². The van der Waals surface area contributed by atoms with Gasteiger partial charge in [0.25, 0.3) is 0 Å². The van der Waals surface area contributed by atoms with Crippen LogP contribution in [0.3, 0.4) is 0 Å². The Kier molecular flexibility index (Phi) is 4.51. The second-order valence-corrected chi connectivity index (χ2v) is 5.05. The molecule has 0 atom stereocenters. The lowest BCUT2D eigenvalue weighted by Crippen LogP contribution is -2.06. The molecule has 0 radical (unpaired) electrons. The van der Waals surface area contributed by atoms with E-state index in [1.807, 2.05) is 18.7 Å². The van der Waals surface area contributed by atoms with Gasteiger partial charge in [-0.1, -0.05) is 6.92 Å². The Morgan fingerprint density at radius 1 is 1.33 bits per heavy atom. The van der Waals surface area contributed by atoms with E-state index >= 15 is 0 Å². The number of hydrogen-bond acceptors (Lipinski definition) is 4. The molecule has 0 bridgehead atoms. The number of anilines is 1. The number of halogens is 1. The molecule has 96 valence electrons. The summed E-state index contributed by atoms with van der Waals surface area (Å²) in [6.07, 6.45) is 6.54. The van der Waals surface area contributed by atoms with E-state index in [4.69, 9.17) is 0 Å². The van der Waals surface area contributed by atoms with Gasteiger partial charge >= 0.3 is 0 Å². The van der Waals surface area contributed by atoms with Gasteiger partial charge in [-0.15, -0.1) is 0 Å². The summed E-state index contributed by atoms with van der Waals surface area (Å²) in [5, 5.41) is 3.24. The molecule has 0 saturated heterocycles. The van der Waals surface area contributed by atoms with Gasteiger partial charge in [0.1, 0.15) is 11.5 Å². The predicted molar refractivity (Wildman–Crippen MR) is 80.4 cm³/mol. The Labute approximate surface area is 120 Å². The van der Waals surface area contributed by atoms with Crippen molar-refractivity contribution in [1.29, 1.82) is 0 Å². The molecule has 0 spiro atoms. The van der Waals surface area contributed by atoms with Crippen molar-refractivity contribution in [2.45, 2.75) is 26.8 Å². The molecule has 0 fully saturated rings. The van der Waals surface area contributed by atoms with Gasteiger partial charge < -0.3 is 9.88 Å². The van der Waals surface area contributed by atoms with E-state index in [2.05, 4.69) is 61.3 Å². The van der Waals surface area contributed by atoms with E-state index in [1.54, 1.807) is 0 Å². The molecule has 2 aromatic heterocycles. The Morgan fingerprint density at radius 2 is 2.17 bits per heavy atom. The monoisotopic (exact) mass is 357 g/mol. The van der Waals surface area contributed by atoms with Gasteiger partial charge in [-0.25, -0.2) is 15.0 Å². The van der Waals surface area contributed by atoms with E-state index < -0.39 is 0 Å². The first-order valence-corrected chi connectivity index (χ1v) is 7.11. The van der Waals surface area contributed by atoms with Crippen LogP contribution in [-0.4, -0.2) is 26.1 Å².